The minimum Gasteiger partial charge on any atom is -0.329 e. The Labute approximate surface area is 129 Å². The fourth-order valence-electron chi connectivity index (χ4n) is 3.54. The molecule has 0 saturated carbocycles. The van der Waals surface area contributed by atoms with Crippen LogP contribution in [0.1, 0.15) is 41.0 Å². The molecule has 4 rings (SSSR count). The zero-order valence-corrected chi connectivity index (χ0v) is 12.5. The fraction of sp³-hybridized carbons (Fsp3) is 0.150. The summed E-state index contributed by atoms with van der Waals surface area (Å²) < 4.78 is 2.22. The van der Waals surface area contributed by atoms with Crippen LogP contribution < -0.4 is 0 Å². The van der Waals surface area contributed by atoms with E-state index >= 15 is 0 Å². The molecule has 22 heavy (non-hydrogen) atoms. The van der Waals surface area contributed by atoms with Crippen LogP contribution in [-0.4, -0.2) is 10.4 Å². The number of carbonyl (C=O) groups is 1. The first-order valence-corrected chi connectivity index (χ1v) is 7.65. The third-order valence-corrected chi connectivity index (χ3v) is 4.42. The molecule has 0 fully saturated rings. The van der Waals surface area contributed by atoms with Crippen molar-refractivity contribution in [3.63, 3.8) is 0 Å². The van der Waals surface area contributed by atoms with E-state index in [-0.39, 0.29) is 11.8 Å². The fourth-order valence-corrected chi connectivity index (χ4v) is 3.54. The first-order chi connectivity index (χ1) is 10.8. The minimum atomic E-state index is 0.104. The second-order valence-corrected chi connectivity index (χ2v) is 5.70. The maximum atomic E-state index is 12.7. The summed E-state index contributed by atoms with van der Waals surface area (Å²) in [6.45, 7) is 1.99. The summed E-state index contributed by atoms with van der Waals surface area (Å²) in [6, 6.07) is 18.7. The molecule has 1 aliphatic heterocycles. The van der Waals surface area contributed by atoms with Crippen molar-refractivity contribution >= 4 is 22.8 Å². The Kier molecular flexibility index (Phi) is 2.97. The van der Waals surface area contributed by atoms with E-state index in [9.17, 15) is 4.79 Å². The molecule has 0 radical (unpaired) electrons. The van der Waals surface area contributed by atoms with Gasteiger partial charge in [0.25, 0.3) is 0 Å². The van der Waals surface area contributed by atoms with Crippen LogP contribution >= 0.6 is 0 Å². The number of allylic oxidation sites excluding steroid dienone is 1. The SMILES string of the molecule is C/C=C/c1c2n(c3ccccc13)C(c1ccccc1)CC2=O. The number of fused-ring (bicyclic) bond motifs is 3. The zero-order valence-electron chi connectivity index (χ0n) is 12.5. The lowest BCUT2D eigenvalue weighted by molar-refractivity contribution is 0.0991. The number of hydrogen-bond acceptors (Lipinski definition) is 1. The second-order valence-electron chi connectivity index (χ2n) is 5.70. The number of Topliss-reactive ketones (excluding diaryl/α,β-unsaturated/α-hetero) is 1. The number of carbonyl (C=O) groups excluding carboxylic acids is 1. The molecule has 0 aliphatic carbocycles. The molecule has 0 bridgehead atoms. The van der Waals surface area contributed by atoms with Crippen molar-refractivity contribution in [3.8, 4) is 0 Å². The Bertz CT molecular complexity index is 887. The van der Waals surface area contributed by atoms with Crippen molar-refractivity contribution in [2.45, 2.75) is 19.4 Å². The third-order valence-electron chi connectivity index (χ3n) is 4.42. The van der Waals surface area contributed by atoms with E-state index in [1.807, 2.05) is 43.3 Å². The third kappa shape index (κ3) is 1.77. The molecule has 2 nitrogen and oxygen atoms in total. The first kappa shape index (κ1) is 13.1. The Balaban J connectivity index is 2.04. The van der Waals surface area contributed by atoms with E-state index in [1.54, 1.807) is 0 Å². The van der Waals surface area contributed by atoms with E-state index in [0.29, 0.717) is 6.42 Å². The van der Waals surface area contributed by atoms with Gasteiger partial charge in [0, 0.05) is 22.9 Å². The standard InChI is InChI=1S/C20H17NO/c1-2-8-16-15-11-6-7-12-17(15)21-18(13-19(22)20(16)21)14-9-4-3-5-10-14/h2-12,18H,13H2,1H3/b8-2+. The van der Waals surface area contributed by atoms with Gasteiger partial charge in [-0.1, -0.05) is 60.7 Å². The summed E-state index contributed by atoms with van der Waals surface area (Å²) in [5.74, 6) is 0.234. The van der Waals surface area contributed by atoms with Crippen LogP contribution in [0.3, 0.4) is 0 Å². The van der Waals surface area contributed by atoms with Crippen LogP contribution in [0.2, 0.25) is 0 Å². The number of benzene rings is 2. The maximum Gasteiger partial charge on any atom is 0.182 e. The Morgan fingerprint density at radius 2 is 1.77 bits per heavy atom. The van der Waals surface area contributed by atoms with Crippen LogP contribution in [0.5, 0.6) is 0 Å². The average Bonchev–Trinajstić information content (AvgIpc) is 3.06. The average molecular weight is 287 g/mol. The van der Waals surface area contributed by atoms with Gasteiger partial charge in [0.05, 0.1) is 11.7 Å². The molecule has 3 aromatic rings. The van der Waals surface area contributed by atoms with Gasteiger partial charge in [0.15, 0.2) is 5.78 Å². The van der Waals surface area contributed by atoms with Crippen molar-refractivity contribution in [2.24, 2.45) is 0 Å². The van der Waals surface area contributed by atoms with Gasteiger partial charge < -0.3 is 4.57 Å². The monoisotopic (exact) mass is 287 g/mol. The highest BCUT2D eigenvalue weighted by Gasteiger charge is 2.34. The molecule has 0 spiro atoms. The van der Waals surface area contributed by atoms with Gasteiger partial charge in [0.2, 0.25) is 0 Å². The molecule has 2 heterocycles. The largest absolute Gasteiger partial charge is 0.329 e. The summed E-state index contributed by atoms with van der Waals surface area (Å²) in [4.78, 5) is 12.7. The molecule has 2 aromatic carbocycles. The van der Waals surface area contributed by atoms with E-state index in [4.69, 9.17) is 0 Å². The molecular weight excluding hydrogens is 270 g/mol. The summed E-state index contributed by atoms with van der Waals surface area (Å²) in [7, 11) is 0. The van der Waals surface area contributed by atoms with Crippen molar-refractivity contribution in [1.29, 1.82) is 0 Å². The summed E-state index contributed by atoms with van der Waals surface area (Å²) in [5, 5.41) is 1.16. The molecule has 1 aromatic heterocycles. The van der Waals surface area contributed by atoms with Gasteiger partial charge in [-0.15, -0.1) is 0 Å². The molecular formula is C20H17NO. The molecule has 1 unspecified atom stereocenters. The van der Waals surface area contributed by atoms with Gasteiger partial charge in [-0.2, -0.15) is 0 Å². The predicted octanol–water partition coefficient (Wildman–Crippen LogP) is 4.85. The number of nitrogens with zero attached hydrogens (tertiary/aromatic N) is 1. The number of para-hydroxylation sites is 1. The topological polar surface area (TPSA) is 22.0 Å². The normalized spacial score (nSPS) is 17.5. The summed E-state index contributed by atoms with van der Waals surface area (Å²) in [5.41, 5.74) is 4.25. The minimum absolute atomic E-state index is 0.104. The molecule has 0 amide bonds. The summed E-state index contributed by atoms with van der Waals surface area (Å²) in [6.07, 6.45) is 4.61. The van der Waals surface area contributed by atoms with Crippen molar-refractivity contribution in [3.05, 3.63) is 77.5 Å². The van der Waals surface area contributed by atoms with Gasteiger partial charge in [-0.05, 0) is 18.6 Å². The summed E-state index contributed by atoms with van der Waals surface area (Å²) >= 11 is 0. The Hall–Kier alpha value is -2.61. The van der Waals surface area contributed by atoms with Crippen LogP contribution in [-0.2, 0) is 0 Å². The highest BCUT2D eigenvalue weighted by molar-refractivity contribution is 6.08. The van der Waals surface area contributed by atoms with Gasteiger partial charge in [-0.25, -0.2) is 0 Å². The number of hydrogen-bond donors (Lipinski definition) is 0. The predicted molar refractivity (Wildman–Crippen MR) is 90.2 cm³/mol. The van der Waals surface area contributed by atoms with Crippen molar-refractivity contribution < 1.29 is 4.79 Å². The lowest BCUT2D eigenvalue weighted by Gasteiger charge is -2.14. The lowest BCUT2D eigenvalue weighted by Crippen LogP contribution is -2.05. The highest BCUT2D eigenvalue weighted by atomic mass is 16.1. The van der Waals surface area contributed by atoms with E-state index < -0.39 is 0 Å². The van der Waals surface area contributed by atoms with E-state index in [0.717, 1.165) is 22.2 Å². The van der Waals surface area contributed by atoms with Crippen molar-refractivity contribution in [1.82, 2.24) is 4.57 Å². The first-order valence-electron chi connectivity index (χ1n) is 7.65. The maximum absolute atomic E-state index is 12.7. The van der Waals surface area contributed by atoms with Gasteiger partial charge in [0.1, 0.15) is 0 Å². The number of ketones is 1. The molecule has 108 valence electrons. The molecule has 0 N–H and O–H groups in total. The van der Waals surface area contributed by atoms with E-state index in [2.05, 4.69) is 34.9 Å². The zero-order chi connectivity index (χ0) is 15.1. The smallest absolute Gasteiger partial charge is 0.182 e. The second kappa shape index (κ2) is 4.99. The van der Waals surface area contributed by atoms with Crippen LogP contribution in [0, 0.1) is 0 Å². The Morgan fingerprint density at radius 3 is 2.55 bits per heavy atom. The van der Waals surface area contributed by atoms with E-state index in [1.165, 1.54) is 5.56 Å². The van der Waals surface area contributed by atoms with Crippen LogP contribution in [0.25, 0.3) is 17.0 Å². The van der Waals surface area contributed by atoms with Crippen LogP contribution in [0.15, 0.2) is 60.7 Å². The molecule has 0 saturated heterocycles. The van der Waals surface area contributed by atoms with Gasteiger partial charge >= 0.3 is 0 Å². The molecule has 2 heteroatoms. The van der Waals surface area contributed by atoms with Crippen LogP contribution in [0.4, 0.5) is 0 Å². The molecule has 1 aliphatic rings. The number of aromatic nitrogens is 1. The van der Waals surface area contributed by atoms with Crippen molar-refractivity contribution in [2.75, 3.05) is 0 Å². The number of rotatable bonds is 2. The lowest BCUT2D eigenvalue weighted by atomic mass is 10.0. The quantitative estimate of drug-likeness (QED) is 0.660. The highest BCUT2D eigenvalue weighted by Crippen LogP contribution is 2.40. The van der Waals surface area contributed by atoms with Gasteiger partial charge in [-0.3, -0.25) is 4.79 Å². The Morgan fingerprint density at radius 1 is 1.05 bits per heavy atom. The molecule has 1 atom stereocenters.